The van der Waals surface area contributed by atoms with Crippen molar-refractivity contribution in [1.82, 2.24) is 23.3 Å². The molecule has 0 bridgehead atoms. The maximum Gasteiger partial charge on any atom is 0.165 e. The Kier molecular flexibility index (Phi) is 9.52. The predicted octanol–water partition coefficient (Wildman–Crippen LogP) is 19.5. The van der Waals surface area contributed by atoms with Crippen LogP contribution in [0.2, 0.25) is 0 Å². The molecule has 0 amide bonds. The molecule has 386 valence electrons. The molecule has 0 aliphatic rings. The van der Waals surface area contributed by atoms with Crippen LogP contribution in [-0.2, 0) is 0 Å². The highest BCUT2D eigenvalue weighted by molar-refractivity contribution is 6.26. The fourth-order valence-corrected chi connectivity index (χ4v) is 14.3. The molecule has 0 aliphatic carbocycles. The zero-order chi connectivity index (χ0) is 55.3. The SMILES string of the molecule is N#Cc1ccc(-c2c(-n3c4ccccc4c4c5ccccc5ccc43)c(-n3c4ccccc4c4c5ccccc5ccc43)nc(-n3c4ccccc4c4c5ccccc5ccc43)c2-n2c3ccccc3c3c4ccccc4ccc32)cc1C#N. The number of nitriles is 2. The van der Waals surface area contributed by atoms with Gasteiger partial charge in [-0.3, -0.25) is 9.13 Å². The van der Waals surface area contributed by atoms with E-state index in [1.165, 1.54) is 0 Å². The number of nitrogens with zero attached hydrogens (tertiary/aromatic N) is 7. The topological polar surface area (TPSA) is 80.2 Å². The molecule has 18 aromatic rings. The van der Waals surface area contributed by atoms with E-state index < -0.39 is 0 Å². The van der Waals surface area contributed by atoms with Crippen LogP contribution in [0.4, 0.5) is 0 Å². The molecule has 0 saturated carbocycles. The first-order valence-electron chi connectivity index (χ1n) is 28.3. The van der Waals surface area contributed by atoms with E-state index >= 15 is 0 Å². The summed E-state index contributed by atoms with van der Waals surface area (Å²) in [6.07, 6.45) is 0. The highest BCUT2D eigenvalue weighted by atomic mass is 15.2. The van der Waals surface area contributed by atoms with E-state index in [-0.39, 0.29) is 5.56 Å². The van der Waals surface area contributed by atoms with Crippen LogP contribution in [0.25, 0.3) is 164 Å². The average molecular weight is 1070 g/mol. The van der Waals surface area contributed by atoms with E-state index in [1.807, 2.05) is 18.2 Å². The van der Waals surface area contributed by atoms with Crippen LogP contribution in [-0.4, -0.2) is 23.3 Å². The third-order valence-corrected chi connectivity index (χ3v) is 17.8. The van der Waals surface area contributed by atoms with E-state index in [0.717, 1.165) is 153 Å². The van der Waals surface area contributed by atoms with Crippen molar-refractivity contribution >= 4 is 130 Å². The summed E-state index contributed by atoms with van der Waals surface area (Å²) in [6.45, 7) is 0. The van der Waals surface area contributed by atoms with Crippen LogP contribution in [0.5, 0.6) is 0 Å². The molecule has 0 aliphatic heterocycles. The summed E-state index contributed by atoms with van der Waals surface area (Å²) in [5.74, 6) is 1.36. The van der Waals surface area contributed by atoms with Gasteiger partial charge >= 0.3 is 0 Å². The van der Waals surface area contributed by atoms with Gasteiger partial charge < -0.3 is 9.13 Å². The average Bonchev–Trinajstić information content (AvgIpc) is 2.48. The molecule has 0 saturated heterocycles. The van der Waals surface area contributed by atoms with Gasteiger partial charge in [0.05, 0.1) is 55.3 Å². The van der Waals surface area contributed by atoms with Gasteiger partial charge in [-0.1, -0.05) is 200 Å². The van der Waals surface area contributed by atoms with E-state index in [2.05, 4.69) is 273 Å². The van der Waals surface area contributed by atoms with Gasteiger partial charge in [-0.25, -0.2) is 4.98 Å². The fraction of sp³-hybridized carbons (Fsp3) is 0. The second kappa shape index (κ2) is 17.4. The summed E-state index contributed by atoms with van der Waals surface area (Å²) in [7, 11) is 0. The third-order valence-electron chi connectivity index (χ3n) is 17.8. The minimum absolute atomic E-state index is 0.278. The number of fused-ring (bicyclic) bond motifs is 20. The van der Waals surface area contributed by atoms with E-state index in [9.17, 15) is 10.5 Å². The minimum Gasteiger partial charge on any atom is -0.305 e. The van der Waals surface area contributed by atoms with Crippen molar-refractivity contribution in [3.63, 3.8) is 0 Å². The standard InChI is InChI=1S/C77H43N7/c78-44-51-34-33-50(43-52(51)45-79)69-74(81-61-29-13-9-25-57(61)70-53-21-5-1-17-46(53)35-39-65(70)81)76(83-63-31-15-11-27-59(63)72-55-23-7-3-19-48(55)37-41-67(72)83)80-77(84-64-32-16-12-28-60(64)73-56-24-8-4-20-49(56)38-42-68(73)84)75(69)82-62-30-14-10-26-58(62)71-54-22-6-2-18-47(54)36-40-66(71)82/h1-43H. The highest BCUT2D eigenvalue weighted by Crippen LogP contribution is 2.51. The van der Waals surface area contributed by atoms with Crippen LogP contribution in [0.15, 0.2) is 261 Å². The second-order valence-electron chi connectivity index (χ2n) is 21.9. The molecule has 0 radical (unpaired) electrons. The summed E-state index contributed by atoms with van der Waals surface area (Å²) in [5.41, 5.74) is 11.7. The van der Waals surface area contributed by atoms with Crippen LogP contribution < -0.4 is 0 Å². The molecule has 0 spiro atoms. The number of rotatable bonds is 5. The minimum atomic E-state index is 0.278. The fourth-order valence-electron chi connectivity index (χ4n) is 14.3. The maximum absolute atomic E-state index is 11.2. The van der Waals surface area contributed by atoms with Gasteiger partial charge in [-0.15, -0.1) is 0 Å². The zero-order valence-corrected chi connectivity index (χ0v) is 45.0. The molecular weight excluding hydrogens is 1020 g/mol. The lowest BCUT2D eigenvalue weighted by molar-refractivity contribution is 0.961. The molecule has 18 rings (SSSR count). The first-order valence-corrected chi connectivity index (χ1v) is 28.3. The molecule has 0 unspecified atom stereocenters. The van der Waals surface area contributed by atoms with Crippen LogP contribution in [0.3, 0.4) is 0 Å². The number of hydrogen-bond acceptors (Lipinski definition) is 3. The van der Waals surface area contributed by atoms with Gasteiger partial charge in [-0.05, 0) is 109 Å². The molecule has 0 fully saturated rings. The van der Waals surface area contributed by atoms with E-state index in [1.54, 1.807) is 0 Å². The zero-order valence-electron chi connectivity index (χ0n) is 45.0. The summed E-state index contributed by atoms with van der Waals surface area (Å²) < 4.78 is 9.66. The van der Waals surface area contributed by atoms with Crippen LogP contribution >= 0.6 is 0 Å². The molecule has 84 heavy (non-hydrogen) atoms. The van der Waals surface area contributed by atoms with Gasteiger partial charge in [0.25, 0.3) is 0 Å². The van der Waals surface area contributed by atoms with Crippen molar-refractivity contribution in [2.75, 3.05) is 0 Å². The molecule has 0 N–H and O–H groups in total. The first kappa shape index (κ1) is 46.0. The van der Waals surface area contributed by atoms with Crippen molar-refractivity contribution < 1.29 is 0 Å². The number of aromatic nitrogens is 5. The largest absolute Gasteiger partial charge is 0.305 e. The Morgan fingerprint density at radius 3 is 0.905 bits per heavy atom. The Hall–Kier alpha value is -11.8. The Balaban J connectivity index is 1.18. The van der Waals surface area contributed by atoms with Crippen LogP contribution in [0, 0.1) is 22.7 Å². The monoisotopic (exact) mass is 1070 g/mol. The molecule has 13 aromatic carbocycles. The quantitative estimate of drug-likeness (QED) is 0.172. The van der Waals surface area contributed by atoms with E-state index in [4.69, 9.17) is 4.98 Å². The summed E-state index contributed by atoms with van der Waals surface area (Å²) >= 11 is 0. The Labute approximate surface area is 479 Å². The number of pyridine rings is 1. The summed E-state index contributed by atoms with van der Waals surface area (Å²) in [6, 6.07) is 98.2. The molecular formula is C77H43N7. The predicted molar refractivity (Wildman–Crippen MR) is 346 cm³/mol. The molecule has 7 nitrogen and oxygen atoms in total. The molecule has 5 heterocycles. The van der Waals surface area contributed by atoms with Crippen molar-refractivity contribution in [3.8, 4) is 46.3 Å². The van der Waals surface area contributed by atoms with Gasteiger partial charge in [0.15, 0.2) is 11.6 Å². The van der Waals surface area contributed by atoms with Crippen molar-refractivity contribution in [2.45, 2.75) is 0 Å². The third kappa shape index (κ3) is 6.19. The summed E-state index contributed by atoms with van der Waals surface area (Å²) in [4.78, 5) is 6.51. The lowest BCUT2D eigenvalue weighted by Gasteiger charge is -2.27. The van der Waals surface area contributed by atoms with Crippen molar-refractivity contribution in [2.24, 2.45) is 0 Å². The Morgan fingerprint density at radius 1 is 0.262 bits per heavy atom. The lowest BCUT2D eigenvalue weighted by atomic mass is 9.96. The number of benzene rings is 13. The van der Waals surface area contributed by atoms with Crippen molar-refractivity contribution in [1.29, 1.82) is 10.5 Å². The highest BCUT2D eigenvalue weighted by Gasteiger charge is 2.34. The smallest absolute Gasteiger partial charge is 0.165 e. The number of hydrogen-bond donors (Lipinski definition) is 0. The lowest BCUT2D eigenvalue weighted by Crippen LogP contribution is -2.16. The van der Waals surface area contributed by atoms with Crippen molar-refractivity contribution in [3.05, 3.63) is 272 Å². The Morgan fingerprint density at radius 2 is 0.560 bits per heavy atom. The molecule has 0 atom stereocenters. The van der Waals surface area contributed by atoms with Gasteiger partial charge in [0.2, 0.25) is 0 Å². The summed E-state index contributed by atoms with van der Waals surface area (Å²) in [5, 5.41) is 39.9. The van der Waals surface area contributed by atoms with E-state index in [0.29, 0.717) is 17.2 Å². The van der Waals surface area contributed by atoms with Gasteiger partial charge in [0, 0.05) is 48.7 Å². The molecule has 5 aromatic heterocycles. The van der Waals surface area contributed by atoms with Gasteiger partial charge in [-0.2, -0.15) is 10.5 Å². The van der Waals surface area contributed by atoms with Crippen LogP contribution in [0.1, 0.15) is 11.1 Å². The Bertz CT molecular complexity index is 5700. The number of para-hydroxylation sites is 4. The van der Waals surface area contributed by atoms with Gasteiger partial charge in [0.1, 0.15) is 23.5 Å². The maximum atomic E-state index is 11.2. The first-order chi connectivity index (χ1) is 41.6. The molecule has 7 heteroatoms. The second-order valence-corrected chi connectivity index (χ2v) is 21.9. The normalized spacial score (nSPS) is 12.0.